The van der Waals surface area contributed by atoms with E-state index in [2.05, 4.69) is 25.6 Å². The van der Waals surface area contributed by atoms with Gasteiger partial charge in [-0.25, -0.2) is 9.97 Å². The van der Waals surface area contributed by atoms with Gasteiger partial charge in [-0.05, 0) is 29.8 Å². The Morgan fingerprint density at radius 3 is 2.35 bits per heavy atom. The van der Waals surface area contributed by atoms with Gasteiger partial charge in [0.2, 0.25) is 0 Å². The molecule has 34 heavy (non-hydrogen) atoms. The number of hydrogen-bond acceptors (Lipinski definition) is 4. The van der Waals surface area contributed by atoms with Crippen LogP contribution in [0.3, 0.4) is 0 Å². The minimum atomic E-state index is -4.47. The molecule has 4 rings (SSSR count). The number of halogens is 3. The maximum atomic E-state index is 12.9. The molecular weight excluding hydrogens is 449 g/mol. The smallest absolute Gasteiger partial charge is 0.349 e. The number of rotatable bonds is 6. The van der Waals surface area contributed by atoms with Gasteiger partial charge in [-0.3, -0.25) is 9.59 Å². The fraction of sp³-hybridized carbons (Fsp3) is 0.217. The number of carbonyl (C=O) groups is 2. The number of alkyl halides is 3. The Hall–Kier alpha value is -4.15. The Kier molecular flexibility index (Phi) is 5.86. The second kappa shape index (κ2) is 8.65. The van der Waals surface area contributed by atoms with Crippen molar-refractivity contribution in [3.05, 3.63) is 83.7 Å². The molecule has 0 atom stereocenters. The summed E-state index contributed by atoms with van der Waals surface area (Å²) < 4.78 is 39.9. The van der Waals surface area contributed by atoms with E-state index >= 15 is 0 Å². The maximum Gasteiger partial charge on any atom is 0.417 e. The van der Waals surface area contributed by atoms with E-state index in [-0.39, 0.29) is 23.2 Å². The summed E-state index contributed by atoms with van der Waals surface area (Å²) in [6.45, 7) is 4.26. The first kappa shape index (κ1) is 23.0. The van der Waals surface area contributed by atoms with Crippen LogP contribution >= 0.6 is 0 Å². The van der Waals surface area contributed by atoms with Gasteiger partial charge in [0.15, 0.2) is 11.6 Å². The van der Waals surface area contributed by atoms with Crippen molar-refractivity contribution in [3.8, 4) is 0 Å². The predicted molar refractivity (Wildman–Crippen MR) is 119 cm³/mol. The van der Waals surface area contributed by atoms with E-state index in [1.807, 2.05) is 13.8 Å². The molecule has 0 fully saturated rings. The van der Waals surface area contributed by atoms with Crippen molar-refractivity contribution >= 4 is 23.3 Å². The summed E-state index contributed by atoms with van der Waals surface area (Å²) in [5.74, 6) is -0.405. The number of fused-ring (bicyclic) bond motifs is 1. The lowest BCUT2D eigenvalue weighted by Gasteiger charge is -2.25. The van der Waals surface area contributed by atoms with Gasteiger partial charge in [-0.2, -0.15) is 13.2 Å². The number of aromatic nitrogens is 4. The summed E-state index contributed by atoms with van der Waals surface area (Å²) in [6.07, 6.45) is 0.825. The molecule has 3 N–H and O–H groups in total. The fourth-order valence-electron chi connectivity index (χ4n) is 3.36. The van der Waals surface area contributed by atoms with E-state index in [0.717, 1.165) is 17.8 Å². The third kappa shape index (κ3) is 4.92. The van der Waals surface area contributed by atoms with Crippen molar-refractivity contribution in [3.63, 3.8) is 0 Å². The Bertz CT molecular complexity index is 1330. The summed E-state index contributed by atoms with van der Waals surface area (Å²) in [4.78, 5) is 35.5. The summed E-state index contributed by atoms with van der Waals surface area (Å²) in [6, 6.07) is 9.02. The SMILES string of the molecule is CC(C)(CNC(=O)c1ncc[nH]1)c1ccc(C(=O)Nc2cn3cc(C(F)(F)F)ccc3n2)cc1. The van der Waals surface area contributed by atoms with E-state index in [0.29, 0.717) is 12.1 Å². The highest BCUT2D eigenvalue weighted by Crippen LogP contribution is 2.29. The molecule has 0 aliphatic carbocycles. The summed E-state index contributed by atoms with van der Waals surface area (Å²) in [5.41, 5.74) is 0.295. The zero-order valence-electron chi connectivity index (χ0n) is 18.3. The second-order valence-electron chi connectivity index (χ2n) is 8.34. The van der Waals surface area contributed by atoms with E-state index in [1.165, 1.54) is 22.9 Å². The van der Waals surface area contributed by atoms with Crippen LogP contribution in [0.5, 0.6) is 0 Å². The van der Waals surface area contributed by atoms with Gasteiger partial charge in [0.25, 0.3) is 11.8 Å². The van der Waals surface area contributed by atoms with Gasteiger partial charge in [-0.15, -0.1) is 0 Å². The number of nitrogens with zero attached hydrogens (tertiary/aromatic N) is 3. The average molecular weight is 470 g/mol. The lowest BCUT2D eigenvalue weighted by molar-refractivity contribution is -0.137. The first-order valence-corrected chi connectivity index (χ1v) is 10.3. The van der Waals surface area contributed by atoms with Gasteiger partial charge < -0.3 is 20.0 Å². The highest BCUT2D eigenvalue weighted by Gasteiger charge is 2.31. The van der Waals surface area contributed by atoms with Gasteiger partial charge in [0, 0.05) is 36.1 Å². The predicted octanol–water partition coefficient (Wildman–Crippen LogP) is 4.04. The van der Waals surface area contributed by atoms with Crippen LogP contribution in [0.1, 0.15) is 46.0 Å². The van der Waals surface area contributed by atoms with Crippen LogP contribution in [0.25, 0.3) is 5.65 Å². The minimum Gasteiger partial charge on any atom is -0.349 e. The van der Waals surface area contributed by atoms with Crippen LogP contribution in [0.4, 0.5) is 19.0 Å². The van der Waals surface area contributed by atoms with Crippen LogP contribution in [-0.4, -0.2) is 37.7 Å². The van der Waals surface area contributed by atoms with Gasteiger partial charge in [-0.1, -0.05) is 26.0 Å². The Morgan fingerprint density at radius 1 is 1.00 bits per heavy atom. The largest absolute Gasteiger partial charge is 0.417 e. The molecule has 0 aliphatic heterocycles. The number of pyridine rings is 1. The molecule has 8 nitrogen and oxygen atoms in total. The van der Waals surface area contributed by atoms with E-state index < -0.39 is 23.1 Å². The number of H-pyrrole nitrogens is 1. The molecule has 1 aromatic carbocycles. The van der Waals surface area contributed by atoms with Gasteiger partial charge in [0.05, 0.1) is 11.8 Å². The normalized spacial score (nSPS) is 12.0. The molecule has 176 valence electrons. The third-order valence-corrected chi connectivity index (χ3v) is 5.35. The monoisotopic (exact) mass is 470 g/mol. The molecule has 0 bridgehead atoms. The molecule has 3 aromatic heterocycles. The molecule has 0 saturated heterocycles. The summed E-state index contributed by atoms with van der Waals surface area (Å²) in [7, 11) is 0. The molecule has 0 spiro atoms. The lowest BCUT2D eigenvalue weighted by Crippen LogP contribution is -2.37. The van der Waals surface area contributed by atoms with Crippen LogP contribution in [0.2, 0.25) is 0 Å². The molecule has 0 saturated carbocycles. The number of amides is 2. The highest BCUT2D eigenvalue weighted by molar-refractivity contribution is 6.03. The first-order chi connectivity index (χ1) is 16.0. The topological polar surface area (TPSA) is 104 Å². The highest BCUT2D eigenvalue weighted by atomic mass is 19.4. The average Bonchev–Trinajstić information content (AvgIpc) is 3.46. The molecule has 0 aliphatic rings. The molecule has 3 heterocycles. The number of carbonyl (C=O) groups excluding carboxylic acids is 2. The van der Waals surface area contributed by atoms with Gasteiger partial charge in [0.1, 0.15) is 5.65 Å². The molecule has 4 aromatic rings. The number of imidazole rings is 2. The first-order valence-electron chi connectivity index (χ1n) is 10.3. The number of hydrogen-bond donors (Lipinski definition) is 3. The molecule has 0 unspecified atom stereocenters. The number of aromatic amines is 1. The standard InChI is InChI=1S/C23H21F3N6O2/c1-22(2,13-29-21(34)19-27-9-10-28-19)15-5-3-14(4-6-15)20(33)31-17-12-32-11-16(23(24,25)26)7-8-18(32)30-17/h3-12H,13H2,1-2H3,(H,27,28)(H,29,34)(H,31,33). The molecule has 11 heteroatoms. The number of benzene rings is 1. The van der Waals surface area contributed by atoms with Crippen molar-refractivity contribution in [1.82, 2.24) is 24.7 Å². The van der Waals surface area contributed by atoms with Crippen LogP contribution in [0.15, 0.2) is 61.2 Å². The fourth-order valence-corrected chi connectivity index (χ4v) is 3.36. The molecule has 0 radical (unpaired) electrons. The van der Waals surface area contributed by atoms with E-state index in [9.17, 15) is 22.8 Å². The number of anilines is 1. The van der Waals surface area contributed by atoms with Crippen molar-refractivity contribution in [2.75, 3.05) is 11.9 Å². The Balaban J connectivity index is 1.42. The zero-order chi connectivity index (χ0) is 24.5. The van der Waals surface area contributed by atoms with Gasteiger partial charge >= 0.3 is 6.18 Å². The molecular formula is C23H21F3N6O2. The van der Waals surface area contributed by atoms with Crippen LogP contribution < -0.4 is 10.6 Å². The van der Waals surface area contributed by atoms with Crippen molar-refractivity contribution in [2.45, 2.75) is 25.4 Å². The van der Waals surface area contributed by atoms with E-state index in [1.54, 1.807) is 30.5 Å². The van der Waals surface area contributed by atoms with Crippen molar-refractivity contribution in [1.29, 1.82) is 0 Å². The second-order valence-corrected chi connectivity index (χ2v) is 8.34. The molecule has 2 amide bonds. The minimum absolute atomic E-state index is 0.134. The Morgan fingerprint density at radius 2 is 1.71 bits per heavy atom. The Labute approximate surface area is 192 Å². The van der Waals surface area contributed by atoms with Crippen LogP contribution in [0, 0.1) is 0 Å². The quantitative estimate of drug-likeness (QED) is 0.396. The maximum absolute atomic E-state index is 12.9. The third-order valence-electron chi connectivity index (χ3n) is 5.35. The lowest BCUT2D eigenvalue weighted by atomic mass is 9.84. The van der Waals surface area contributed by atoms with E-state index in [4.69, 9.17) is 0 Å². The number of nitrogens with one attached hydrogen (secondary N) is 3. The van der Waals surface area contributed by atoms with Crippen molar-refractivity contribution < 1.29 is 22.8 Å². The summed E-state index contributed by atoms with van der Waals surface area (Å²) >= 11 is 0. The summed E-state index contributed by atoms with van der Waals surface area (Å²) in [5, 5.41) is 5.43. The van der Waals surface area contributed by atoms with Crippen molar-refractivity contribution in [2.24, 2.45) is 0 Å². The zero-order valence-corrected chi connectivity index (χ0v) is 18.3. The van der Waals surface area contributed by atoms with Crippen LogP contribution in [-0.2, 0) is 11.6 Å².